The van der Waals surface area contributed by atoms with Crippen LogP contribution in [-0.4, -0.2) is 55.3 Å². The summed E-state index contributed by atoms with van der Waals surface area (Å²) < 4.78 is 10.4. The molecular formula is C15H21NO5. The van der Waals surface area contributed by atoms with Gasteiger partial charge in [-0.05, 0) is 25.1 Å². The Kier molecular flexibility index (Phi) is 7.25. The van der Waals surface area contributed by atoms with Gasteiger partial charge in [-0.1, -0.05) is 6.07 Å². The number of carboxylic acid groups (broad SMARTS) is 1. The van der Waals surface area contributed by atoms with Crippen LogP contribution in [0.4, 0.5) is 0 Å². The van der Waals surface area contributed by atoms with E-state index in [0.717, 1.165) is 0 Å². The molecule has 6 heteroatoms. The van der Waals surface area contributed by atoms with Gasteiger partial charge in [0.15, 0.2) is 0 Å². The van der Waals surface area contributed by atoms with Crippen molar-refractivity contribution in [1.29, 1.82) is 0 Å². The van der Waals surface area contributed by atoms with E-state index in [1.807, 2.05) is 6.92 Å². The van der Waals surface area contributed by atoms with Crippen LogP contribution in [0.5, 0.6) is 5.75 Å². The first kappa shape index (κ1) is 17.0. The van der Waals surface area contributed by atoms with Crippen LogP contribution in [0.2, 0.25) is 0 Å². The first-order valence-electron chi connectivity index (χ1n) is 6.81. The quantitative estimate of drug-likeness (QED) is 0.701. The van der Waals surface area contributed by atoms with E-state index in [4.69, 9.17) is 14.6 Å². The number of nitrogens with zero attached hydrogens (tertiary/aromatic N) is 1. The highest BCUT2D eigenvalue weighted by Crippen LogP contribution is 2.15. The number of carbonyl (C=O) groups is 2. The normalized spacial score (nSPS) is 10.2. The van der Waals surface area contributed by atoms with Gasteiger partial charge in [-0.2, -0.15) is 0 Å². The maximum Gasteiger partial charge on any atom is 0.305 e. The van der Waals surface area contributed by atoms with Crippen LogP contribution in [0.15, 0.2) is 24.3 Å². The Morgan fingerprint density at radius 2 is 2.05 bits per heavy atom. The molecule has 0 radical (unpaired) electrons. The molecule has 0 aliphatic heterocycles. The van der Waals surface area contributed by atoms with E-state index in [9.17, 15) is 9.59 Å². The maximum atomic E-state index is 12.3. The van der Waals surface area contributed by atoms with Gasteiger partial charge in [-0.15, -0.1) is 0 Å². The van der Waals surface area contributed by atoms with Crippen molar-refractivity contribution >= 4 is 11.9 Å². The number of hydrogen-bond acceptors (Lipinski definition) is 4. The lowest BCUT2D eigenvalue weighted by molar-refractivity contribution is -0.137. The second-order valence-corrected chi connectivity index (χ2v) is 4.40. The van der Waals surface area contributed by atoms with Crippen molar-refractivity contribution in [3.05, 3.63) is 29.8 Å². The molecule has 0 fully saturated rings. The van der Waals surface area contributed by atoms with E-state index in [-0.39, 0.29) is 18.9 Å². The largest absolute Gasteiger partial charge is 0.491 e. The van der Waals surface area contributed by atoms with Gasteiger partial charge in [0.25, 0.3) is 5.91 Å². The highest BCUT2D eigenvalue weighted by molar-refractivity contribution is 5.94. The molecule has 1 aromatic carbocycles. The lowest BCUT2D eigenvalue weighted by Gasteiger charge is -2.20. The summed E-state index contributed by atoms with van der Waals surface area (Å²) in [5.41, 5.74) is 0.483. The zero-order chi connectivity index (χ0) is 15.7. The Balaban J connectivity index is 2.71. The molecule has 0 atom stereocenters. The second-order valence-electron chi connectivity index (χ2n) is 4.40. The van der Waals surface area contributed by atoms with Crippen molar-refractivity contribution in [2.45, 2.75) is 13.3 Å². The van der Waals surface area contributed by atoms with E-state index in [2.05, 4.69) is 0 Å². The summed E-state index contributed by atoms with van der Waals surface area (Å²) in [5.74, 6) is -0.527. The summed E-state index contributed by atoms with van der Waals surface area (Å²) in [4.78, 5) is 24.4. The molecule has 1 aromatic rings. The third kappa shape index (κ3) is 5.83. The molecule has 21 heavy (non-hydrogen) atoms. The van der Waals surface area contributed by atoms with E-state index in [1.165, 1.54) is 4.90 Å². The van der Waals surface area contributed by atoms with Crippen molar-refractivity contribution in [1.82, 2.24) is 4.90 Å². The highest BCUT2D eigenvalue weighted by Gasteiger charge is 2.15. The molecule has 6 nitrogen and oxygen atoms in total. The predicted octanol–water partition coefficient (Wildman–Crippen LogP) is 1.65. The highest BCUT2D eigenvalue weighted by atomic mass is 16.5. The third-order valence-corrected chi connectivity index (χ3v) is 2.90. The van der Waals surface area contributed by atoms with Gasteiger partial charge < -0.3 is 19.5 Å². The average Bonchev–Trinajstić information content (AvgIpc) is 2.48. The van der Waals surface area contributed by atoms with Crippen molar-refractivity contribution in [2.24, 2.45) is 0 Å². The van der Waals surface area contributed by atoms with Crippen molar-refractivity contribution in [3.63, 3.8) is 0 Å². The van der Waals surface area contributed by atoms with Gasteiger partial charge in [0.1, 0.15) is 12.4 Å². The summed E-state index contributed by atoms with van der Waals surface area (Å²) in [6.07, 6.45) is -0.0659. The van der Waals surface area contributed by atoms with E-state index >= 15 is 0 Å². The number of aliphatic carboxylic acids is 1. The Labute approximate surface area is 124 Å². The number of methoxy groups -OCH3 is 1. The SMILES string of the molecule is CCN(CCC(=O)O)C(=O)c1cccc(OCCOC)c1. The molecule has 0 bridgehead atoms. The lowest BCUT2D eigenvalue weighted by atomic mass is 10.2. The van der Waals surface area contributed by atoms with Gasteiger partial charge in [-0.25, -0.2) is 0 Å². The topological polar surface area (TPSA) is 76.1 Å². The Bertz CT molecular complexity index is 475. The molecule has 0 aliphatic carbocycles. The molecule has 0 saturated carbocycles. The van der Waals surface area contributed by atoms with Crippen LogP contribution in [-0.2, 0) is 9.53 Å². The molecular weight excluding hydrogens is 274 g/mol. The minimum Gasteiger partial charge on any atom is -0.491 e. The first-order valence-corrected chi connectivity index (χ1v) is 6.81. The molecule has 116 valence electrons. The van der Waals surface area contributed by atoms with Crippen LogP contribution in [0.1, 0.15) is 23.7 Å². The standard InChI is InChI=1S/C15H21NO5/c1-3-16(8-7-14(17)18)15(19)12-5-4-6-13(11-12)21-10-9-20-2/h4-6,11H,3,7-10H2,1-2H3,(H,17,18). The number of carboxylic acids is 1. The molecule has 0 heterocycles. The summed E-state index contributed by atoms with van der Waals surface area (Å²) in [6, 6.07) is 6.84. The predicted molar refractivity (Wildman–Crippen MR) is 77.6 cm³/mol. The monoisotopic (exact) mass is 295 g/mol. The zero-order valence-electron chi connectivity index (χ0n) is 12.4. The Hall–Kier alpha value is -2.08. The first-order chi connectivity index (χ1) is 10.1. The summed E-state index contributed by atoms with van der Waals surface area (Å²) in [6.45, 7) is 3.35. The number of amides is 1. The fraction of sp³-hybridized carbons (Fsp3) is 0.467. The fourth-order valence-electron chi connectivity index (χ4n) is 1.78. The number of ether oxygens (including phenoxy) is 2. The summed E-state index contributed by atoms with van der Waals surface area (Å²) in [7, 11) is 1.59. The third-order valence-electron chi connectivity index (χ3n) is 2.90. The van der Waals surface area contributed by atoms with Crippen molar-refractivity contribution in [2.75, 3.05) is 33.4 Å². The van der Waals surface area contributed by atoms with Gasteiger partial charge >= 0.3 is 5.97 Å². The molecule has 1 rings (SSSR count). The average molecular weight is 295 g/mol. The van der Waals surface area contributed by atoms with Crippen molar-refractivity contribution in [3.8, 4) is 5.75 Å². The summed E-state index contributed by atoms with van der Waals surface area (Å²) >= 11 is 0. The minimum atomic E-state index is -0.919. The van der Waals surface area contributed by atoms with Crippen LogP contribution in [0, 0.1) is 0 Å². The van der Waals surface area contributed by atoms with Crippen LogP contribution < -0.4 is 4.74 Å². The minimum absolute atomic E-state index is 0.0659. The Morgan fingerprint density at radius 3 is 2.67 bits per heavy atom. The number of benzene rings is 1. The molecule has 0 saturated heterocycles. The van der Waals surface area contributed by atoms with E-state index < -0.39 is 5.97 Å². The van der Waals surface area contributed by atoms with Gasteiger partial charge in [-0.3, -0.25) is 9.59 Å². The van der Waals surface area contributed by atoms with Gasteiger partial charge in [0.2, 0.25) is 0 Å². The lowest BCUT2D eigenvalue weighted by Crippen LogP contribution is -2.32. The number of carbonyl (C=O) groups excluding carboxylic acids is 1. The zero-order valence-corrected chi connectivity index (χ0v) is 12.4. The molecule has 0 aromatic heterocycles. The fourth-order valence-corrected chi connectivity index (χ4v) is 1.78. The number of hydrogen-bond donors (Lipinski definition) is 1. The maximum absolute atomic E-state index is 12.3. The molecule has 1 amide bonds. The molecule has 0 aliphatic rings. The summed E-state index contributed by atoms with van der Waals surface area (Å²) in [5, 5.41) is 8.71. The van der Waals surface area contributed by atoms with E-state index in [0.29, 0.717) is 31.1 Å². The van der Waals surface area contributed by atoms with Crippen molar-refractivity contribution < 1.29 is 24.2 Å². The second kappa shape index (κ2) is 8.97. The Morgan fingerprint density at radius 1 is 1.29 bits per heavy atom. The van der Waals surface area contributed by atoms with Crippen LogP contribution in [0.3, 0.4) is 0 Å². The van der Waals surface area contributed by atoms with Gasteiger partial charge in [0.05, 0.1) is 13.0 Å². The molecule has 0 unspecified atom stereocenters. The molecule has 1 N–H and O–H groups in total. The van der Waals surface area contributed by atoms with E-state index in [1.54, 1.807) is 31.4 Å². The van der Waals surface area contributed by atoms with Crippen LogP contribution >= 0.6 is 0 Å². The smallest absolute Gasteiger partial charge is 0.305 e. The number of rotatable bonds is 9. The molecule has 0 spiro atoms. The van der Waals surface area contributed by atoms with Crippen LogP contribution in [0.25, 0.3) is 0 Å². The van der Waals surface area contributed by atoms with Gasteiger partial charge in [0, 0.05) is 25.8 Å².